The minimum atomic E-state index is -0.378. The lowest BCUT2D eigenvalue weighted by atomic mass is 9.78. The van der Waals surface area contributed by atoms with Crippen molar-refractivity contribution < 1.29 is 4.79 Å². The van der Waals surface area contributed by atoms with Crippen LogP contribution < -0.4 is 10.2 Å². The van der Waals surface area contributed by atoms with Gasteiger partial charge in [-0.15, -0.1) is 0 Å². The van der Waals surface area contributed by atoms with Gasteiger partial charge in [-0.3, -0.25) is 4.79 Å². The summed E-state index contributed by atoms with van der Waals surface area (Å²) in [6, 6.07) is 12.7. The number of hydrogen-bond acceptors (Lipinski definition) is 3. The van der Waals surface area contributed by atoms with Crippen LogP contribution in [0.15, 0.2) is 35.9 Å². The number of amides is 1. The molecule has 4 nitrogen and oxygen atoms in total. The van der Waals surface area contributed by atoms with Crippen LogP contribution >= 0.6 is 0 Å². The molecule has 0 fully saturated rings. The molecule has 0 spiro atoms. The van der Waals surface area contributed by atoms with Gasteiger partial charge in [0.1, 0.15) is 11.6 Å². The van der Waals surface area contributed by atoms with Crippen molar-refractivity contribution in [3.05, 3.63) is 63.7 Å². The number of nitrogens with one attached hydrogen (secondary N) is 1. The van der Waals surface area contributed by atoms with Gasteiger partial charge in [-0.2, -0.15) is 5.26 Å². The summed E-state index contributed by atoms with van der Waals surface area (Å²) in [5, 5.41) is 12.6. The van der Waals surface area contributed by atoms with Crippen molar-refractivity contribution in [1.82, 2.24) is 0 Å². The normalized spacial score (nSPS) is 17.7. The van der Waals surface area contributed by atoms with Crippen LogP contribution in [-0.4, -0.2) is 17.5 Å². The fourth-order valence-electron chi connectivity index (χ4n) is 5.13. The topological polar surface area (TPSA) is 56.1 Å². The Labute approximate surface area is 192 Å². The van der Waals surface area contributed by atoms with Crippen molar-refractivity contribution in [2.45, 2.75) is 79.3 Å². The Morgan fingerprint density at radius 2 is 1.91 bits per heavy atom. The molecule has 1 atom stereocenters. The van der Waals surface area contributed by atoms with E-state index in [0.717, 1.165) is 34.4 Å². The predicted octanol–water partition coefficient (Wildman–Crippen LogP) is 6.66. The summed E-state index contributed by atoms with van der Waals surface area (Å²) in [6.45, 7) is 17.4. The molecule has 0 aromatic heterocycles. The number of aryl methyl sites for hydroxylation is 2. The first-order chi connectivity index (χ1) is 15.0. The van der Waals surface area contributed by atoms with Gasteiger partial charge >= 0.3 is 0 Å². The summed E-state index contributed by atoms with van der Waals surface area (Å²) in [7, 11) is 0. The predicted molar refractivity (Wildman–Crippen MR) is 134 cm³/mol. The lowest BCUT2D eigenvalue weighted by Crippen LogP contribution is -2.51. The molecule has 1 N–H and O–H groups in total. The quantitative estimate of drug-likeness (QED) is 0.437. The van der Waals surface area contributed by atoms with E-state index in [0.29, 0.717) is 12.0 Å². The van der Waals surface area contributed by atoms with E-state index in [2.05, 4.69) is 70.0 Å². The highest BCUT2D eigenvalue weighted by Crippen LogP contribution is 2.45. The summed E-state index contributed by atoms with van der Waals surface area (Å²) in [6.07, 6.45) is 2.78. The summed E-state index contributed by atoms with van der Waals surface area (Å²) in [5.74, 6) is 0.0216. The molecule has 0 bridgehead atoms. The summed E-state index contributed by atoms with van der Waals surface area (Å²) < 4.78 is 0. The van der Waals surface area contributed by atoms with E-state index in [1.165, 1.54) is 11.3 Å². The van der Waals surface area contributed by atoms with Gasteiger partial charge in [0.25, 0.3) is 5.91 Å². The van der Waals surface area contributed by atoms with E-state index in [9.17, 15) is 10.1 Å². The molecule has 2 aromatic rings. The highest BCUT2D eigenvalue weighted by Gasteiger charge is 2.37. The van der Waals surface area contributed by atoms with Crippen molar-refractivity contribution >= 4 is 23.4 Å². The lowest BCUT2D eigenvalue weighted by molar-refractivity contribution is -0.112. The van der Waals surface area contributed by atoms with E-state index in [4.69, 9.17) is 0 Å². The number of nitrogens with zero attached hydrogens (tertiary/aromatic N) is 2. The molecular formula is C28H35N3O. The molecule has 1 aliphatic heterocycles. The fraction of sp³-hybridized carbons (Fsp3) is 0.429. The first kappa shape index (κ1) is 23.6. The van der Waals surface area contributed by atoms with Crippen molar-refractivity contribution in [2.24, 2.45) is 0 Å². The Balaban J connectivity index is 2.01. The molecule has 0 saturated heterocycles. The highest BCUT2D eigenvalue weighted by molar-refractivity contribution is 6.10. The number of rotatable bonds is 4. The molecule has 3 rings (SSSR count). The molecule has 0 radical (unpaired) electrons. The highest BCUT2D eigenvalue weighted by atomic mass is 16.1. The third-order valence-electron chi connectivity index (χ3n) is 6.70. The number of benzene rings is 2. The number of fused-ring (bicyclic) bond motifs is 1. The SMILES string of the molecule is Cc1cc2c(cc1/C=C(/C#N)C(=O)Nc1cccc(C)c1C)[C@@H](C)CC(C)(C)N2C(C)C. The smallest absolute Gasteiger partial charge is 0.266 e. The Kier molecular flexibility index (Phi) is 6.51. The van der Waals surface area contributed by atoms with Crippen LogP contribution in [0.3, 0.4) is 0 Å². The van der Waals surface area contributed by atoms with Gasteiger partial charge in [-0.25, -0.2) is 0 Å². The second kappa shape index (κ2) is 8.82. The maximum absolute atomic E-state index is 12.9. The van der Waals surface area contributed by atoms with Crippen LogP contribution in [0.2, 0.25) is 0 Å². The number of hydrogen-bond donors (Lipinski definition) is 1. The Hall–Kier alpha value is -3.06. The fourth-order valence-corrected chi connectivity index (χ4v) is 5.13. The average molecular weight is 430 g/mol. The van der Waals surface area contributed by atoms with Gasteiger partial charge in [0.2, 0.25) is 0 Å². The van der Waals surface area contributed by atoms with Gasteiger partial charge in [0.05, 0.1) is 0 Å². The molecule has 2 aromatic carbocycles. The van der Waals surface area contributed by atoms with Crippen LogP contribution in [0.1, 0.15) is 74.8 Å². The third-order valence-corrected chi connectivity index (χ3v) is 6.70. The Morgan fingerprint density at radius 3 is 2.53 bits per heavy atom. The van der Waals surface area contributed by atoms with Gasteiger partial charge in [-0.05, 0) is 113 Å². The largest absolute Gasteiger partial charge is 0.364 e. The number of anilines is 2. The van der Waals surface area contributed by atoms with Crippen molar-refractivity contribution in [3.63, 3.8) is 0 Å². The van der Waals surface area contributed by atoms with Crippen molar-refractivity contribution in [1.29, 1.82) is 5.26 Å². The molecular weight excluding hydrogens is 394 g/mol. The van der Waals surface area contributed by atoms with E-state index >= 15 is 0 Å². The van der Waals surface area contributed by atoms with Crippen molar-refractivity contribution in [2.75, 3.05) is 10.2 Å². The van der Waals surface area contributed by atoms with E-state index in [1.807, 2.05) is 32.0 Å². The van der Waals surface area contributed by atoms with Crippen LogP contribution in [0, 0.1) is 32.1 Å². The molecule has 4 heteroatoms. The molecule has 0 saturated carbocycles. The number of carbonyl (C=O) groups excluding carboxylic acids is 1. The van der Waals surface area contributed by atoms with Crippen LogP contribution in [0.4, 0.5) is 11.4 Å². The molecule has 0 aliphatic carbocycles. The standard InChI is InChI=1S/C28H35N3O/c1-17(2)31-26-12-19(4)22(14-24(26)20(5)15-28(31,7)8)13-23(16-29)27(32)30-25-11-9-10-18(3)21(25)6/h9-14,17,20H,15H2,1-8H3,(H,30,32)/b23-13-/t20-/m0/s1. The van der Waals surface area contributed by atoms with Gasteiger partial charge in [0.15, 0.2) is 0 Å². The van der Waals surface area contributed by atoms with Gasteiger partial charge in [-0.1, -0.05) is 19.1 Å². The molecule has 0 unspecified atom stereocenters. The summed E-state index contributed by atoms with van der Waals surface area (Å²) >= 11 is 0. The zero-order chi connectivity index (χ0) is 23.8. The van der Waals surface area contributed by atoms with Crippen LogP contribution in [0.5, 0.6) is 0 Å². The molecule has 1 amide bonds. The van der Waals surface area contributed by atoms with Gasteiger partial charge in [0, 0.05) is 23.0 Å². The second-order valence-electron chi connectivity index (χ2n) is 10.0. The van der Waals surface area contributed by atoms with Gasteiger partial charge < -0.3 is 10.2 Å². The summed E-state index contributed by atoms with van der Waals surface area (Å²) in [4.78, 5) is 15.4. The Morgan fingerprint density at radius 1 is 1.22 bits per heavy atom. The van der Waals surface area contributed by atoms with E-state index < -0.39 is 0 Å². The monoisotopic (exact) mass is 429 g/mol. The first-order valence-electron chi connectivity index (χ1n) is 11.4. The minimum Gasteiger partial charge on any atom is -0.364 e. The number of nitriles is 1. The maximum Gasteiger partial charge on any atom is 0.266 e. The summed E-state index contributed by atoms with van der Waals surface area (Å²) in [5.41, 5.74) is 7.56. The lowest BCUT2D eigenvalue weighted by Gasteiger charge is -2.50. The van der Waals surface area contributed by atoms with Crippen LogP contribution in [0.25, 0.3) is 6.08 Å². The second-order valence-corrected chi connectivity index (χ2v) is 10.0. The maximum atomic E-state index is 12.9. The average Bonchev–Trinajstić information content (AvgIpc) is 2.69. The van der Waals surface area contributed by atoms with Crippen LogP contribution in [-0.2, 0) is 4.79 Å². The number of carbonyl (C=O) groups is 1. The molecule has 1 heterocycles. The molecule has 32 heavy (non-hydrogen) atoms. The minimum absolute atomic E-state index is 0.0771. The Bertz CT molecular complexity index is 1120. The third kappa shape index (κ3) is 4.43. The zero-order valence-corrected chi connectivity index (χ0v) is 20.6. The van der Waals surface area contributed by atoms with Crippen molar-refractivity contribution in [3.8, 4) is 6.07 Å². The molecule has 1 aliphatic rings. The zero-order valence-electron chi connectivity index (χ0n) is 20.6. The first-order valence-corrected chi connectivity index (χ1v) is 11.4. The van der Waals surface area contributed by atoms with E-state index in [-0.39, 0.29) is 17.0 Å². The molecule has 168 valence electrons. The van der Waals surface area contributed by atoms with E-state index in [1.54, 1.807) is 6.08 Å².